The van der Waals surface area contributed by atoms with Crippen LogP contribution in [0.25, 0.3) is 22.0 Å². The van der Waals surface area contributed by atoms with Crippen molar-refractivity contribution < 1.29 is 41.4 Å². The lowest BCUT2D eigenvalue weighted by atomic mass is 9.86. The highest BCUT2D eigenvalue weighted by Crippen LogP contribution is 2.41. The predicted octanol–water partition coefficient (Wildman–Crippen LogP) is 4.47. The number of carboxylic acids is 1. The number of H-pyrrole nitrogens is 1. The Kier molecular flexibility index (Phi) is 8.72. The van der Waals surface area contributed by atoms with E-state index in [4.69, 9.17) is 4.74 Å². The first-order valence-corrected chi connectivity index (χ1v) is 13.0. The van der Waals surface area contributed by atoms with Crippen LogP contribution in [0.15, 0.2) is 66.7 Å². The monoisotopic (exact) mass is 564 g/mol. The maximum Gasteiger partial charge on any atom is 0.513 e. The number of nitrogens with zero attached hydrogens (tertiary/aromatic N) is 1. The largest absolute Gasteiger partial charge is 1.00 e. The Labute approximate surface area is 241 Å². The molecule has 0 fully saturated rings. The molecule has 0 bridgehead atoms. The van der Waals surface area contributed by atoms with E-state index in [0.717, 1.165) is 11.1 Å². The number of ether oxygens (including phenoxy) is 1. The third-order valence-corrected chi connectivity index (χ3v) is 7.12. The van der Waals surface area contributed by atoms with E-state index in [0.29, 0.717) is 27.8 Å². The van der Waals surface area contributed by atoms with Gasteiger partial charge in [-0.2, -0.15) is 4.79 Å². The fourth-order valence-corrected chi connectivity index (χ4v) is 4.98. The molecule has 1 atom stereocenters. The second-order valence-corrected chi connectivity index (χ2v) is 11.8. The highest BCUT2D eigenvalue weighted by molar-refractivity contribution is 5.99. The number of aromatic carboxylic acids is 1. The van der Waals surface area contributed by atoms with Crippen LogP contribution in [0.1, 0.15) is 67.8 Å². The summed E-state index contributed by atoms with van der Waals surface area (Å²) in [4.78, 5) is 28.1. The van der Waals surface area contributed by atoms with Crippen LogP contribution >= 0.6 is 0 Å². The van der Waals surface area contributed by atoms with E-state index in [2.05, 4.69) is 50.0 Å². The molecule has 0 aliphatic carbocycles. The van der Waals surface area contributed by atoms with Gasteiger partial charge in [-0.1, -0.05) is 51.1 Å². The minimum atomic E-state index is -1.15. The predicted molar refractivity (Wildman–Crippen MR) is 154 cm³/mol. The minimum Gasteiger partial charge on any atom is -1.00 e. The zero-order valence-electron chi connectivity index (χ0n) is 23.9. The van der Waals surface area contributed by atoms with Gasteiger partial charge in [-0.25, -0.2) is 9.28 Å². The lowest BCUT2D eigenvalue weighted by Gasteiger charge is -2.33. The van der Waals surface area contributed by atoms with Gasteiger partial charge in [0.2, 0.25) is 0 Å². The standard InChI is InChI=1S/C32H36N2O5.ClH/c1-19(2)39-24-15-10-21(11-16-24)29(34(6,7)31(37)38)27-25-18-22(12-17-26(25)33-28(27)30(35)36)20-8-13-23(14-9-20)32(3,4)5;/h8-19,29,33H,1-7H3,(H-,35,36,37,38);1H. The first-order chi connectivity index (χ1) is 18.2. The summed E-state index contributed by atoms with van der Waals surface area (Å²) in [6.07, 6.45) is -1.09. The zero-order valence-corrected chi connectivity index (χ0v) is 24.7. The Bertz CT molecular complexity index is 1510. The van der Waals surface area contributed by atoms with Crippen LogP contribution in [0.3, 0.4) is 0 Å². The minimum absolute atomic E-state index is 0. The molecule has 0 aliphatic rings. The van der Waals surface area contributed by atoms with Gasteiger partial charge in [0.1, 0.15) is 11.4 Å². The number of carboxylic acid groups (broad SMARTS) is 2. The number of rotatable bonds is 7. The van der Waals surface area contributed by atoms with E-state index >= 15 is 0 Å². The third-order valence-electron chi connectivity index (χ3n) is 7.12. The fourth-order valence-electron chi connectivity index (χ4n) is 4.98. The summed E-state index contributed by atoms with van der Waals surface area (Å²) in [6.45, 7) is 10.4. The van der Waals surface area contributed by atoms with Crippen molar-refractivity contribution in [2.24, 2.45) is 0 Å². The molecule has 1 amide bonds. The number of hydrogen-bond acceptors (Lipinski definition) is 3. The molecule has 3 N–H and O–H groups in total. The van der Waals surface area contributed by atoms with Gasteiger partial charge in [-0.15, -0.1) is 0 Å². The fraction of sp³-hybridized carbons (Fsp3) is 0.312. The molecular formula is C32H37ClN2O5. The number of aromatic amines is 1. The Balaban J connectivity index is 0.00000441. The van der Waals surface area contributed by atoms with Gasteiger partial charge in [0.15, 0.2) is 6.04 Å². The van der Waals surface area contributed by atoms with Crippen LogP contribution in [0, 0.1) is 0 Å². The number of benzene rings is 3. The summed E-state index contributed by atoms with van der Waals surface area (Å²) < 4.78 is 5.28. The second kappa shape index (κ2) is 11.4. The molecule has 0 saturated carbocycles. The average molecular weight is 565 g/mol. The maximum atomic E-state index is 12.6. The van der Waals surface area contributed by atoms with Gasteiger partial charge >= 0.3 is 12.1 Å². The molecule has 0 saturated heterocycles. The van der Waals surface area contributed by atoms with Gasteiger partial charge < -0.3 is 32.3 Å². The second-order valence-electron chi connectivity index (χ2n) is 11.8. The smallest absolute Gasteiger partial charge is 0.513 e. The van der Waals surface area contributed by atoms with E-state index in [9.17, 15) is 19.8 Å². The summed E-state index contributed by atoms with van der Waals surface area (Å²) in [7, 11) is 3.15. The number of carbonyl (C=O) groups is 2. The van der Waals surface area contributed by atoms with Gasteiger partial charge in [0.05, 0.1) is 25.8 Å². The molecule has 1 unspecified atom stereocenters. The van der Waals surface area contributed by atoms with E-state index in [-0.39, 0.29) is 29.6 Å². The Morgan fingerprint density at radius 3 is 1.95 bits per heavy atom. The van der Waals surface area contributed by atoms with Gasteiger partial charge in [0.25, 0.3) is 0 Å². The van der Waals surface area contributed by atoms with Gasteiger partial charge in [-0.05, 0) is 72.4 Å². The van der Waals surface area contributed by atoms with E-state index in [1.165, 1.54) is 5.56 Å². The number of fused-ring (bicyclic) bond motifs is 1. The molecule has 8 heteroatoms. The Hall–Kier alpha value is -3.81. The summed E-state index contributed by atoms with van der Waals surface area (Å²) in [5, 5.41) is 21.1. The van der Waals surface area contributed by atoms with Crippen LogP contribution in [0.5, 0.6) is 5.75 Å². The van der Waals surface area contributed by atoms with E-state index < -0.39 is 22.6 Å². The van der Waals surface area contributed by atoms with Gasteiger partial charge in [-0.3, -0.25) is 0 Å². The number of halogens is 1. The molecular weight excluding hydrogens is 528 g/mol. The molecule has 1 aromatic heterocycles. The molecule has 0 aliphatic heterocycles. The lowest BCUT2D eigenvalue weighted by Crippen LogP contribution is -3.00. The van der Waals surface area contributed by atoms with Crippen LogP contribution in [-0.4, -0.2) is 51.9 Å². The zero-order chi connectivity index (χ0) is 28.7. The normalized spacial score (nSPS) is 12.7. The summed E-state index contributed by atoms with van der Waals surface area (Å²) >= 11 is 0. The van der Waals surface area contributed by atoms with Crippen molar-refractivity contribution in [3.8, 4) is 16.9 Å². The first-order valence-electron chi connectivity index (χ1n) is 13.0. The molecule has 7 nitrogen and oxygen atoms in total. The molecule has 0 spiro atoms. The van der Waals surface area contributed by atoms with E-state index in [1.54, 1.807) is 26.2 Å². The average Bonchev–Trinajstić information content (AvgIpc) is 3.23. The Morgan fingerprint density at radius 2 is 1.45 bits per heavy atom. The maximum absolute atomic E-state index is 12.6. The van der Waals surface area contributed by atoms with E-state index in [1.807, 2.05) is 44.2 Å². The molecule has 212 valence electrons. The number of hydrogen-bond donors (Lipinski definition) is 3. The van der Waals surface area contributed by atoms with Gasteiger partial charge in [0, 0.05) is 16.5 Å². The van der Waals surface area contributed by atoms with Crippen LogP contribution < -0.4 is 17.1 Å². The van der Waals surface area contributed by atoms with Crippen LogP contribution in [0.4, 0.5) is 4.79 Å². The van der Waals surface area contributed by atoms with Crippen molar-refractivity contribution in [1.29, 1.82) is 0 Å². The topological polar surface area (TPSA) is 99.6 Å². The van der Waals surface area contributed by atoms with Crippen LogP contribution in [-0.2, 0) is 5.41 Å². The van der Waals surface area contributed by atoms with Crippen molar-refractivity contribution >= 4 is 23.0 Å². The van der Waals surface area contributed by atoms with Crippen molar-refractivity contribution in [2.45, 2.75) is 52.2 Å². The molecule has 0 radical (unpaired) electrons. The Morgan fingerprint density at radius 1 is 0.875 bits per heavy atom. The summed E-state index contributed by atoms with van der Waals surface area (Å²) in [6, 6.07) is 20.5. The number of aromatic nitrogens is 1. The van der Waals surface area contributed by atoms with Crippen molar-refractivity contribution in [1.82, 2.24) is 4.98 Å². The van der Waals surface area contributed by atoms with Crippen molar-refractivity contribution in [3.05, 3.63) is 89.1 Å². The summed E-state index contributed by atoms with van der Waals surface area (Å²) in [5.74, 6) is -0.487. The van der Waals surface area contributed by atoms with Crippen molar-refractivity contribution in [2.75, 3.05) is 14.1 Å². The summed E-state index contributed by atoms with van der Waals surface area (Å²) in [5.41, 5.74) is 4.85. The highest BCUT2D eigenvalue weighted by atomic mass is 35.5. The molecule has 3 aromatic carbocycles. The van der Waals surface area contributed by atoms with Crippen LogP contribution in [0.2, 0.25) is 0 Å². The SMILES string of the molecule is CC(C)Oc1ccc(C(c2c(C(=O)O)[nH]c3ccc(-c4ccc(C(C)(C)C)cc4)cc23)[N+](C)(C)C(=O)O)cc1.[Cl-]. The number of quaternary nitrogens is 1. The molecule has 1 heterocycles. The quantitative estimate of drug-likeness (QED) is 0.288. The number of amides is 1. The lowest BCUT2D eigenvalue weighted by molar-refractivity contribution is -0.843. The number of nitrogens with one attached hydrogen (secondary N) is 1. The third kappa shape index (κ3) is 6.01. The first kappa shape index (κ1) is 30.7. The van der Waals surface area contributed by atoms with Crippen molar-refractivity contribution in [3.63, 3.8) is 0 Å². The molecule has 4 aromatic rings. The molecule has 40 heavy (non-hydrogen) atoms. The highest BCUT2D eigenvalue weighted by Gasteiger charge is 2.42. The molecule has 4 rings (SSSR count).